The Labute approximate surface area is 96.2 Å². The van der Waals surface area contributed by atoms with Gasteiger partial charge < -0.3 is 9.84 Å². The van der Waals surface area contributed by atoms with E-state index in [1.165, 1.54) is 0 Å². The van der Waals surface area contributed by atoms with Gasteiger partial charge in [-0.05, 0) is 39.0 Å². The van der Waals surface area contributed by atoms with Gasteiger partial charge in [0.1, 0.15) is 0 Å². The first-order valence-electron chi connectivity index (χ1n) is 5.24. The van der Waals surface area contributed by atoms with Crippen LogP contribution >= 0.6 is 15.9 Å². The van der Waals surface area contributed by atoms with E-state index in [1.807, 2.05) is 0 Å². The Bertz CT molecular complexity index is 148. The van der Waals surface area contributed by atoms with Crippen LogP contribution in [0.25, 0.3) is 0 Å². The number of aliphatic hydroxyl groups excluding tert-OH is 1. The summed E-state index contributed by atoms with van der Waals surface area (Å²) in [6, 6.07) is 0. The number of hydrogen-bond donors (Lipinski definition) is 1. The number of rotatable bonds is 7. The van der Waals surface area contributed by atoms with Gasteiger partial charge in [-0.2, -0.15) is 0 Å². The molecular formula is C11H23BrO2. The van der Waals surface area contributed by atoms with E-state index in [9.17, 15) is 0 Å². The molecule has 0 aliphatic heterocycles. The zero-order valence-electron chi connectivity index (χ0n) is 9.72. The van der Waals surface area contributed by atoms with Crippen molar-refractivity contribution in [2.24, 2.45) is 5.92 Å². The molecule has 3 heteroatoms. The van der Waals surface area contributed by atoms with E-state index >= 15 is 0 Å². The lowest BCUT2D eigenvalue weighted by molar-refractivity contribution is 0.0197. The summed E-state index contributed by atoms with van der Waals surface area (Å²) in [6.07, 6.45) is 3.11. The highest BCUT2D eigenvalue weighted by Gasteiger charge is 2.26. The van der Waals surface area contributed by atoms with Crippen molar-refractivity contribution in [2.45, 2.75) is 50.5 Å². The van der Waals surface area contributed by atoms with Crippen molar-refractivity contribution in [3.05, 3.63) is 0 Å². The van der Waals surface area contributed by atoms with E-state index in [0.29, 0.717) is 17.4 Å². The van der Waals surface area contributed by atoms with Crippen LogP contribution in [0, 0.1) is 5.92 Å². The number of hydrogen-bond acceptors (Lipinski definition) is 2. The second kappa shape index (κ2) is 6.81. The largest absolute Gasteiger partial charge is 0.396 e. The molecule has 14 heavy (non-hydrogen) atoms. The summed E-state index contributed by atoms with van der Waals surface area (Å²) >= 11 is 3.65. The molecule has 2 atom stereocenters. The first-order valence-corrected chi connectivity index (χ1v) is 6.15. The molecule has 0 aliphatic rings. The average molecular weight is 267 g/mol. The van der Waals surface area contributed by atoms with E-state index in [4.69, 9.17) is 9.84 Å². The third-order valence-electron chi connectivity index (χ3n) is 2.82. The second-order valence-electron chi connectivity index (χ2n) is 4.47. The summed E-state index contributed by atoms with van der Waals surface area (Å²) in [4.78, 5) is 0.376. The topological polar surface area (TPSA) is 29.5 Å². The van der Waals surface area contributed by atoms with Crippen LogP contribution in [0.15, 0.2) is 0 Å². The molecule has 0 aromatic carbocycles. The van der Waals surface area contributed by atoms with Crippen LogP contribution in [0.2, 0.25) is 0 Å². The Hall–Kier alpha value is 0.400. The van der Waals surface area contributed by atoms with Gasteiger partial charge in [-0.1, -0.05) is 22.9 Å². The summed E-state index contributed by atoms with van der Waals surface area (Å²) in [6.45, 7) is 6.64. The van der Waals surface area contributed by atoms with E-state index in [2.05, 4.69) is 36.7 Å². The maximum atomic E-state index is 8.77. The normalized spacial score (nSPS) is 16.7. The number of alkyl halides is 1. The summed E-state index contributed by atoms with van der Waals surface area (Å²) in [5.74, 6) is 0.590. The maximum Gasteiger partial charge on any atom is 0.0747 e. The second-order valence-corrected chi connectivity index (χ2v) is 5.58. The van der Waals surface area contributed by atoms with Gasteiger partial charge in [-0.15, -0.1) is 0 Å². The van der Waals surface area contributed by atoms with E-state index < -0.39 is 0 Å². The van der Waals surface area contributed by atoms with E-state index in [0.717, 1.165) is 19.3 Å². The van der Waals surface area contributed by atoms with E-state index in [1.54, 1.807) is 7.11 Å². The summed E-state index contributed by atoms with van der Waals surface area (Å²) in [5.41, 5.74) is -0.112. The molecule has 0 saturated carbocycles. The SMILES string of the molecule is COC(C)(C)C(Br)CCC(C)CCO. The van der Waals surface area contributed by atoms with Gasteiger partial charge in [0.15, 0.2) is 0 Å². The van der Waals surface area contributed by atoms with E-state index in [-0.39, 0.29) is 5.60 Å². The van der Waals surface area contributed by atoms with Crippen LogP contribution in [0.4, 0.5) is 0 Å². The summed E-state index contributed by atoms with van der Waals surface area (Å²) in [5, 5.41) is 8.77. The minimum atomic E-state index is -0.112. The zero-order valence-corrected chi connectivity index (χ0v) is 11.3. The molecular weight excluding hydrogens is 244 g/mol. The van der Waals surface area contributed by atoms with Crippen LogP contribution in [-0.2, 0) is 4.74 Å². The Morgan fingerprint density at radius 2 is 1.86 bits per heavy atom. The van der Waals surface area contributed by atoms with Crippen LogP contribution in [-0.4, -0.2) is 29.3 Å². The van der Waals surface area contributed by atoms with Gasteiger partial charge in [0.05, 0.1) is 5.60 Å². The minimum absolute atomic E-state index is 0.112. The summed E-state index contributed by atoms with van der Waals surface area (Å²) in [7, 11) is 1.74. The molecule has 0 rings (SSSR count). The predicted octanol–water partition coefficient (Wildman–Crippen LogP) is 2.97. The average Bonchev–Trinajstić information content (AvgIpc) is 2.14. The third kappa shape index (κ3) is 5.32. The van der Waals surface area contributed by atoms with Crippen LogP contribution in [0.1, 0.15) is 40.0 Å². The minimum Gasteiger partial charge on any atom is -0.396 e. The molecule has 0 fully saturated rings. The number of methoxy groups -OCH3 is 1. The molecule has 0 radical (unpaired) electrons. The zero-order chi connectivity index (χ0) is 11.2. The van der Waals surface area contributed by atoms with Crippen molar-refractivity contribution in [2.75, 3.05) is 13.7 Å². The van der Waals surface area contributed by atoms with Crippen molar-refractivity contribution in [3.8, 4) is 0 Å². The molecule has 0 heterocycles. The first-order chi connectivity index (χ1) is 6.44. The van der Waals surface area contributed by atoms with Crippen molar-refractivity contribution >= 4 is 15.9 Å². The Kier molecular flexibility index (Phi) is 7.00. The predicted molar refractivity (Wildman–Crippen MR) is 63.9 cm³/mol. The van der Waals surface area contributed by atoms with Crippen molar-refractivity contribution in [1.29, 1.82) is 0 Å². The lowest BCUT2D eigenvalue weighted by Crippen LogP contribution is -2.34. The molecule has 86 valence electrons. The van der Waals surface area contributed by atoms with Gasteiger partial charge >= 0.3 is 0 Å². The Morgan fingerprint density at radius 1 is 1.29 bits per heavy atom. The lowest BCUT2D eigenvalue weighted by atomic mass is 9.95. The smallest absolute Gasteiger partial charge is 0.0747 e. The lowest BCUT2D eigenvalue weighted by Gasteiger charge is -2.29. The molecule has 0 aliphatic carbocycles. The number of aliphatic hydroxyl groups is 1. The number of halogens is 1. The highest BCUT2D eigenvalue weighted by atomic mass is 79.9. The van der Waals surface area contributed by atoms with Gasteiger partial charge in [-0.3, -0.25) is 0 Å². The monoisotopic (exact) mass is 266 g/mol. The molecule has 2 nitrogen and oxygen atoms in total. The highest BCUT2D eigenvalue weighted by Crippen LogP contribution is 2.27. The molecule has 2 unspecified atom stereocenters. The summed E-state index contributed by atoms with van der Waals surface area (Å²) < 4.78 is 5.40. The Balaban J connectivity index is 3.78. The molecule has 0 amide bonds. The van der Waals surface area contributed by atoms with Gasteiger partial charge in [0.25, 0.3) is 0 Å². The highest BCUT2D eigenvalue weighted by molar-refractivity contribution is 9.09. The van der Waals surface area contributed by atoms with Crippen molar-refractivity contribution < 1.29 is 9.84 Å². The fraction of sp³-hybridized carbons (Fsp3) is 1.00. The van der Waals surface area contributed by atoms with Crippen LogP contribution < -0.4 is 0 Å². The third-order valence-corrected chi connectivity index (χ3v) is 4.38. The molecule has 0 bridgehead atoms. The molecule has 0 aromatic heterocycles. The molecule has 0 saturated heterocycles. The first kappa shape index (κ1) is 14.4. The fourth-order valence-corrected chi connectivity index (χ4v) is 1.72. The van der Waals surface area contributed by atoms with Gasteiger partial charge in [0.2, 0.25) is 0 Å². The van der Waals surface area contributed by atoms with Crippen molar-refractivity contribution in [3.63, 3.8) is 0 Å². The molecule has 0 spiro atoms. The van der Waals surface area contributed by atoms with Crippen LogP contribution in [0.5, 0.6) is 0 Å². The number of ether oxygens (including phenoxy) is 1. The van der Waals surface area contributed by atoms with Crippen LogP contribution in [0.3, 0.4) is 0 Å². The standard InChI is InChI=1S/C11H23BrO2/c1-9(7-8-13)5-6-10(12)11(2,3)14-4/h9-10,13H,5-8H2,1-4H3. The quantitative estimate of drug-likeness (QED) is 0.718. The maximum absolute atomic E-state index is 8.77. The van der Waals surface area contributed by atoms with Gasteiger partial charge in [0, 0.05) is 18.5 Å². The van der Waals surface area contributed by atoms with Gasteiger partial charge in [-0.25, -0.2) is 0 Å². The van der Waals surface area contributed by atoms with Crippen molar-refractivity contribution in [1.82, 2.24) is 0 Å². The fourth-order valence-electron chi connectivity index (χ4n) is 1.27. The molecule has 0 aromatic rings. The Morgan fingerprint density at radius 3 is 2.29 bits per heavy atom. The molecule has 1 N–H and O–H groups in total.